The van der Waals surface area contributed by atoms with E-state index in [-0.39, 0.29) is 4.90 Å². The summed E-state index contributed by atoms with van der Waals surface area (Å²) in [7, 11) is 0.688. The van der Waals surface area contributed by atoms with Gasteiger partial charge in [0.25, 0.3) is 0 Å². The zero-order valence-electron chi connectivity index (χ0n) is 10.7. The van der Waals surface area contributed by atoms with Gasteiger partial charge in [0.2, 0.25) is 15.5 Å². The van der Waals surface area contributed by atoms with Crippen LogP contribution in [-0.4, -0.2) is 31.4 Å². The van der Waals surface area contributed by atoms with Crippen molar-refractivity contribution in [2.45, 2.75) is 4.90 Å². The summed E-state index contributed by atoms with van der Waals surface area (Å²) < 4.78 is 26.8. The van der Waals surface area contributed by atoms with Crippen molar-refractivity contribution in [2.75, 3.05) is 14.1 Å². The van der Waals surface area contributed by atoms with Crippen LogP contribution in [0.4, 0.5) is 0 Å². The van der Waals surface area contributed by atoms with Gasteiger partial charge in [-0.2, -0.15) is 0 Å². The van der Waals surface area contributed by atoms with Gasteiger partial charge in [0.15, 0.2) is 0 Å². The second-order valence-corrected chi connectivity index (χ2v) is 6.94. The molecular weight excluding hydrogens is 288 g/mol. The summed E-state index contributed by atoms with van der Waals surface area (Å²) in [6, 6.07) is 4.73. The van der Waals surface area contributed by atoms with E-state index in [1.165, 1.54) is 26.4 Å². The van der Waals surface area contributed by atoms with E-state index >= 15 is 0 Å². The predicted molar refractivity (Wildman–Crippen MR) is 75.1 cm³/mol. The summed E-state index contributed by atoms with van der Waals surface area (Å²) in [5, 5.41) is 0.820. The molecule has 1 heterocycles. The molecule has 0 spiro atoms. The Kier molecular flexibility index (Phi) is 3.42. The number of aromatic nitrogens is 1. The van der Waals surface area contributed by atoms with E-state index in [0.29, 0.717) is 15.9 Å². The highest BCUT2D eigenvalue weighted by Crippen LogP contribution is 2.19. The monoisotopic (exact) mass is 300 g/mol. The molecule has 0 saturated heterocycles. The maximum absolute atomic E-state index is 12.3. The van der Waals surface area contributed by atoms with Crippen LogP contribution in [0.25, 0.3) is 10.9 Å². The van der Waals surface area contributed by atoms with Crippen LogP contribution < -0.4 is 5.43 Å². The number of sulfonamides is 1. The van der Waals surface area contributed by atoms with Gasteiger partial charge in [0.1, 0.15) is 4.90 Å². The van der Waals surface area contributed by atoms with Crippen LogP contribution in [-0.2, 0) is 17.1 Å². The lowest BCUT2D eigenvalue weighted by Crippen LogP contribution is -2.28. The molecule has 2 rings (SSSR count). The molecule has 0 aliphatic rings. The summed E-state index contributed by atoms with van der Waals surface area (Å²) in [6.07, 6.45) is 1.32. The highest BCUT2D eigenvalue weighted by atomic mass is 35.5. The van der Waals surface area contributed by atoms with Crippen molar-refractivity contribution < 1.29 is 8.42 Å². The molecule has 5 nitrogen and oxygen atoms in total. The lowest BCUT2D eigenvalue weighted by atomic mass is 10.2. The molecule has 0 bridgehead atoms. The maximum Gasteiger partial charge on any atom is 0.247 e. The van der Waals surface area contributed by atoms with E-state index in [1.54, 1.807) is 23.7 Å². The van der Waals surface area contributed by atoms with Gasteiger partial charge in [-0.1, -0.05) is 11.6 Å². The number of pyridine rings is 1. The second kappa shape index (κ2) is 4.63. The first kappa shape index (κ1) is 14.0. The largest absolute Gasteiger partial charge is 0.349 e. The number of halogens is 1. The van der Waals surface area contributed by atoms with Crippen molar-refractivity contribution in [1.82, 2.24) is 8.87 Å². The van der Waals surface area contributed by atoms with Gasteiger partial charge >= 0.3 is 0 Å². The highest BCUT2D eigenvalue weighted by Gasteiger charge is 2.23. The van der Waals surface area contributed by atoms with Crippen molar-refractivity contribution in [3.63, 3.8) is 0 Å². The van der Waals surface area contributed by atoms with Crippen LogP contribution in [0.3, 0.4) is 0 Å². The molecule has 7 heteroatoms. The van der Waals surface area contributed by atoms with Crippen molar-refractivity contribution in [1.29, 1.82) is 0 Å². The molecule has 19 heavy (non-hydrogen) atoms. The standard InChI is InChI=1S/C12H13ClN2O3S/c1-14(2)19(17,18)11-7-15(3)10-6-8(13)4-5-9(10)12(11)16/h4-7H,1-3H3. The molecule has 102 valence electrons. The van der Waals surface area contributed by atoms with E-state index in [1.807, 2.05) is 0 Å². The molecule has 0 saturated carbocycles. The van der Waals surface area contributed by atoms with Crippen LogP contribution in [0, 0.1) is 0 Å². The molecular formula is C12H13ClN2O3S. The zero-order valence-corrected chi connectivity index (χ0v) is 12.3. The van der Waals surface area contributed by atoms with Gasteiger partial charge in [-0.3, -0.25) is 4.79 Å². The maximum atomic E-state index is 12.3. The van der Waals surface area contributed by atoms with Crippen molar-refractivity contribution in [2.24, 2.45) is 7.05 Å². The lowest BCUT2D eigenvalue weighted by Gasteiger charge is -2.13. The number of fused-ring (bicyclic) bond motifs is 1. The minimum absolute atomic E-state index is 0.241. The normalized spacial score (nSPS) is 12.3. The van der Waals surface area contributed by atoms with Gasteiger partial charge in [0.05, 0.1) is 5.52 Å². The number of aryl methyl sites for hydroxylation is 1. The van der Waals surface area contributed by atoms with Gasteiger partial charge in [0, 0.05) is 37.7 Å². The first-order valence-corrected chi connectivity index (χ1v) is 7.28. The molecule has 0 radical (unpaired) electrons. The fourth-order valence-electron chi connectivity index (χ4n) is 1.81. The van der Waals surface area contributed by atoms with Crippen molar-refractivity contribution >= 4 is 32.5 Å². The topological polar surface area (TPSA) is 59.4 Å². The van der Waals surface area contributed by atoms with E-state index in [0.717, 1.165) is 4.31 Å². The van der Waals surface area contributed by atoms with Crippen molar-refractivity contribution in [3.05, 3.63) is 39.6 Å². The number of benzene rings is 1. The molecule has 0 atom stereocenters. The van der Waals surface area contributed by atoms with E-state index in [2.05, 4.69) is 0 Å². The lowest BCUT2D eigenvalue weighted by molar-refractivity contribution is 0.519. The molecule has 0 N–H and O–H groups in total. The van der Waals surface area contributed by atoms with E-state index in [9.17, 15) is 13.2 Å². The molecule has 0 fully saturated rings. The Morgan fingerprint density at radius 2 is 1.89 bits per heavy atom. The number of rotatable bonds is 2. The Labute approximate surface area is 116 Å². The van der Waals surface area contributed by atoms with Gasteiger partial charge < -0.3 is 4.57 Å². The SMILES string of the molecule is CN(C)S(=O)(=O)c1cn(C)c2cc(Cl)ccc2c1=O. The first-order chi connectivity index (χ1) is 8.75. The van der Waals surface area contributed by atoms with Gasteiger partial charge in [-0.05, 0) is 18.2 Å². The highest BCUT2D eigenvalue weighted by molar-refractivity contribution is 7.89. The number of hydrogen-bond donors (Lipinski definition) is 0. The van der Waals surface area contributed by atoms with E-state index < -0.39 is 15.5 Å². The molecule has 0 aliphatic carbocycles. The third kappa shape index (κ3) is 2.27. The van der Waals surface area contributed by atoms with Crippen LogP contribution in [0.5, 0.6) is 0 Å². The van der Waals surface area contributed by atoms with Crippen LogP contribution in [0.15, 0.2) is 34.1 Å². The van der Waals surface area contributed by atoms with E-state index in [4.69, 9.17) is 11.6 Å². The molecule has 1 aromatic heterocycles. The predicted octanol–water partition coefficient (Wildman–Crippen LogP) is 1.44. The third-order valence-electron chi connectivity index (χ3n) is 2.88. The quantitative estimate of drug-likeness (QED) is 0.843. The molecule has 0 unspecified atom stereocenters. The summed E-state index contributed by atoms with van der Waals surface area (Å²) in [6.45, 7) is 0. The summed E-state index contributed by atoms with van der Waals surface area (Å²) in [5.74, 6) is 0. The fourth-order valence-corrected chi connectivity index (χ4v) is 3.00. The first-order valence-electron chi connectivity index (χ1n) is 5.46. The minimum Gasteiger partial charge on any atom is -0.349 e. The van der Waals surface area contributed by atoms with Crippen LogP contribution in [0.2, 0.25) is 5.02 Å². The second-order valence-electron chi connectivity index (χ2n) is 4.38. The summed E-state index contributed by atoms with van der Waals surface area (Å²) >= 11 is 5.88. The number of hydrogen-bond acceptors (Lipinski definition) is 3. The summed E-state index contributed by atoms with van der Waals surface area (Å²) in [4.78, 5) is 12.0. The summed E-state index contributed by atoms with van der Waals surface area (Å²) in [5.41, 5.74) is 0.0775. The molecule has 0 amide bonds. The third-order valence-corrected chi connectivity index (χ3v) is 4.92. The Hall–Kier alpha value is -1.37. The molecule has 2 aromatic rings. The Balaban J connectivity index is 2.92. The van der Waals surface area contributed by atoms with Gasteiger partial charge in [-0.15, -0.1) is 0 Å². The zero-order chi connectivity index (χ0) is 14.4. The van der Waals surface area contributed by atoms with Crippen LogP contribution >= 0.6 is 11.6 Å². The molecule has 1 aromatic carbocycles. The Morgan fingerprint density at radius 1 is 1.26 bits per heavy atom. The van der Waals surface area contributed by atoms with Crippen molar-refractivity contribution in [3.8, 4) is 0 Å². The Morgan fingerprint density at radius 3 is 2.47 bits per heavy atom. The fraction of sp³-hybridized carbons (Fsp3) is 0.250. The minimum atomic E-state index is -3.76. The average Bonchev–Trinajstić information content (AvgIpc) is 2.33. The number of nitrogens with zero attached hydrogens (tertiary/aromatic N) is 2. The molecule has 0 aliphatic heterocycles. The Bertz CT molecular complexity index is 810. The van der Waals surface area contributed by atoms with Crippen LogP contribution in [0.1, 0.15) is 0 Å². The van der Waals surface area contributed by atoms with Gasteiger partial charge in [-0.25, -0.2) is 12.7 Å². The average molecular weight is 301 g/mol. The smallest absolute Gasteiger partial charge is 0.247 e.